The van der Waals surface area contributed by atoms with Gasteiger partial charge in [-0.3, -0.25) is 0 Å². The van der Waals surface area contributed by atoms with Gasteiger partial charge in [0, 0.05) is 22.2 Å². The Morgan fingerprint density at radius 2 is 1.08 bits per heavy atom. The van der Waals surface area contributed by atoms with Crippen LogP contribution in [0.1, 0.15) is 25.0 Å². The SMILES string of the molecule is CC1(C)c2ccccc2-c2c1cc1ccc3c(N(c4ccccc4)c4ccccc4)ccc4ccc2c1c43. The molecule has 0 spiro atoms. The van der Waals surface area contributed by atoms with Crippen LogP contribution in [0, 0.1) is 0 Å². The fraction of sp³-hybridized carbons (Fsp3) is 0.0811. The third kappa shape index (κ3) is 2.82. The average Bonchev–Trinajstić information content (AvgIpc) is 3.20. The molecule has 7 aromatic carbocycles. The summed E-state index contributed by atoms with van der Waals surface area (Å²) in [6.07, 6.45) is 0. The first kappa shape index (κ1) is 21.5. The minimum atomic E-state index is -0.0149. The van der Waals surface area contributed by atoms with Crippen LogP contribution in [0.4, 0.5) is 17.1 Å². The van der Waals surface area contributed by atoms with Gasteiger partial charge in [-0.15, -0.1) is 0 Å². The van der Waals surface area contributed by atoms with E-state index in [1.54, 1.807) is 0 Å². The van der Waals surface area contributed by atoms with Crippen LogP contribution < -0.4 is 4.90 Å². The third-order valence-electron chi connectivity index (χ3n) is 8.57. The molecule has 0 aliphatic heterocycles. The Kier molecular flexibility index (Phi) is 4.35. The molecule has 8 rings (SSSR count). The highest BCUT2D eigenvalue weighted by Gasteiger charge is 2.37. The Labute approximate surface area is 222 Å². The molecule has 0 aromatic heterocycles. The highest BCUT2D eigenvalue weighted by Crippen LogP contribution is 2.54. The van der Waals surface area contributed by atoms with Gasteiger partial charge in [0.1, 0.15) is 0 Å². The Morgan fingerprint density at radius 3 is 1.82 bits per heavy atom. The smallest absolute Gasteiger partial charge is 0.0540 e. The average molecular weight is 486 g/mol. The van der Waals surface area contributed by atoms with Crippen molar-refractivity contribution in [3.8, 4) is 11.1 Å². The largest absolute Gasteiger partial charge is 0.310 e. The molecule has 0 atom stereocenters. The lowest BCUT2D eigenvalue weighted by molar-refractivity contribution is 0.661. The van der Waals surface area contributed by atoms with Gasteiger partial charge in [0.2, 0.25) is 0 Å². The van der Waals surface area contributed by atoms with Crippen LogP contribution in [0.5, 0.6) is 0 Å². The van der Waals surface area contributed by atoms with E-state index in [-0.39, 0.29) is 5.41 Å². The van der Waals surface area contributed by atoms with Crippen molar-refractivity contribution in [2.45, 2.75) is 19.3 Å². The van der Waals surface area contributed by atoms with Crippen LogP contribution in [-0.4, -0.2) is 0 Å². The van der Waals surface area contributed by atoms with Crippen LogP contribution in [-0.2, 0) is 5.41 Å². The van der Waals surface area contributed by atoms with E-state index in [9.17, 15) is 0 Å². The molecule has 38 heavy (non-hydrogen) atoms. The molecule has 0 fully saturated rings. The Hall–Kier alpha value is -4.62. The number of nitrogens with zero attached hydrogens (tertiary/aromatic N) is 1. The summed E-state index contributed by atoms with van der Waals surface area (Å²) < 4.78 is 0. The molecule has 1 aliphatic rings. The van der Waals surface area contributed by atoms with Gasteiger partial charge in [-0.1, -0.05) is 105 Å². The van der Waals surface area contributed by atoms with Crippen LogP contribution in [0.2, 0.25) is 0 Å². The first-order valence-corrected chi connectivity index (χ1v) is 13.4. The van der Waals surface area contributed by atoms with Gasteiger partial charge in [0.05, 0.1) is 5.69 Å². The fourth-order valence-corrected chi connectivity index (χ4v) is 6.81. The normalized spacial score (nSPS) is 13.7. The highest BCUT2D eigenvalue weighted by molar-refractivity contribution is 6.28. The van der Waals surface area contributed by atoms with E-state index >= 15 is 0 Å². The van der Waals surface area contributed by atoms with E-state index < -0.39 is 0 Å². The summed E-state index contributed by atoms with van der Waals surface area (Å²) in [7, 11) is 0. The molecule has 0 amide bonds. The van der Waals surface area contributed by atoms with Crippen molar-refractivity contribution in [3.63, 3.8) is 0 Å². The lowest BCUT2D eigenvalue weighted by Gasteiger charge is -2.28. The maximum absolute atomic E-state index is 2.45. The lowest BCUT2D eigenvalue weighted by atomic mass is 9.80. The van der Waals surface area contributed by atoms with E-state index in [2.05, 4.69) is 146 Å². The number of hydrogen-bond acceptors (Lipinski definition) is 1. The Balaban J connectivity index is 1.48. The number of benzene rings is 7. The second-order valence-corrected chi connectivity index (χ2v) is 11.0. The molecule has 0 bridgehead atoms. The van der Waals surface area contributed by atoms with Gasteiger partial charge in [0.15, 0.2) is 0 Å². The van der Waals surface area contributed by atoms with Crippen molar-refractivity contribution in [1.29, 1.82) is 0 Å². The van der Waals surface area contributed by atoms with Crippen molar-refractivity contribution in [2.75, 3.05) is 4.90 Å². The predicted molar refractivity (Wildman–Crippen MR) is 162 cm³/mol. The summed E-state index contributed by atoms with van der Waals surface area (Å²) in [5.74, 6) is 0. The van der Waals surface area contributed by atoms with Crippen molar-refractivity contribution in [1.82, 2.24) is 0 Å². The quantitative estimate of drug-likeness (QED) is 0.225. The van der Waals surface area contributed by atoms with Crippen LogP contribution in [0.3, 0.4) is 0 Å². The predicted octanol–water partition coefficient (Wildman–Crippen LogP) is 10.4. The lowest BCUT2D eigenvalue weighted by Crippen LogP contribution is -2.14. The number of hydrogen-bond donors (Lipinski definition) is 0. The molecule has 0 saturated carbocycles. The minimum absolute atomic E-state index is 0.0149. The summed E-state index contributed by atoms with van der Waals surface area (Å²) in [6, 6.07) is 46.7. The van der Waals surface area contributed by atoms with Gasteiger partial charge in [-0.25, -0.2) is 0 Å². The first-order chi connectivity index (χ1) is 18.6. The topological polar surface area (TPSA) is 3.24 Å². The molecule has 0 unspecified atom stereocenters. The summed E-state index contributed by atoms with van der Waals surface area (Å²) >= 11 is 0. The Bertz CT molecular complexity index is 1940. The van der Waals surface area contributed by atoms with Gasteiger partial charge in [-0.05, 0) is 85.6 Å². The standard InChI is InChI=1S/C37H27N/c1-37(2)31-16-10-9-15-28(31)36-30-21-17-24-19-22-33(29-20-18-25(23-32(36)37)35(30)34(24)29)38(26-11-5-3-6-12-26)27-13-7-4-8-14-27/h3-23H,1-2H3. The highest BCUT2D eigenvalue weighted by atomic mass is 15.1. The van der Waals surface area contributed by atoms with Gasteiger partial charge in [0.25, 0.3) is 0 Å². The molecule has 1 nitrogen and oxygen atoms in total. The van der Waals surface area contributed by atoms with Crippen molar-refractivity contribution in [3.05, 3.63) is 139 Å². The molecule has 7 aromatic rings. The van der Waals surface area contributed by atoms with Crippen LogP contribution in [0.15, 0.2) is 127 Å². The third-order valence-corrected chi connectivity index (χ3v) is 8.57. The zero-order chi connectivity index (χ0) is 25.4. The molecular formula is C37H27N. The van der Waals surface area contributed by atoms with Crippen molar-refractivity contribution < 1.29 is 0 Å². The second kappa shape index (κ2) is 7.69. The fourth-order valence-electron chi connectivity index (χ4n) is 6.81. The number of para-hydroxylation sites is 2. The Morgan fingerprint density at radius 1 is 0.500 bits per heavy atom. The maximum Gasteiger partial charge on any atom is 0.0540 e. The van der Waals surface area contributed by atoms with Gasteiger partial charge < -0.3 is 4.90 Å². The van der Waals surface area contributed by atoms with Gasteiger partial charge >= 0.3 is 0 Å². The molecular weight excluding hydrogens is 458 g/mol. The van der Waals surface area contributed by atoms with Gasteiger partial charge in [-0.2, -0.15) is 0 Å². The zero-order valence-corrected chi connectivity index (χ0v) is 21.6. The maximum atomic E-state index is 2.45. The molecule has 0 heterocycles. The number of fused-ring (bicyclic) bond motifs is 4. The molecule has 0 N–H and O–H groups in total. The molecule has 0 radical (unpaired) electrons. The van der Waals surface area contributed by atoms with Crippen molar-refractivity contribution in [2.24, 2.45) is 0 Å². The molecule has 0 saturated heterocycles. The monoisotopic (exact) mass is 485 g/mol. The van der Waals surface area contributed by atoms with E-state index in [0.29, 0.717) is 0 Å². The first-order valence-electron chi connectivity index (χ1n) is 13.4. The second-order valence-electron chi connectivity index (χ2n) is 11.0. The molecule has 1 heteroatoms. The minimum Gasteiger partial charge on any atom is -0.310 e. The summed E-state index contributed by atoms with van der Waals surface area (Å²) in [5, 5.41) is 7.96. The van der Waals surface area contributed by atoms with E-state index in [1.807, 2.05) is 0 Å². The molecule has 180 valence electrons. The van der Waals surface area contributed by atoms with Crippen LogP contribution in [0.25, 0.3) is 43.4 Å². The zero-order valence-electron chi connectivity index (χ0n) is 21.6. The summed E-state index contributed by atoms with van der Waals surface area (Å²) in [4.78, 5) is 2.38. The van der Waals surface area contributed by atoms with E-state index in [4.69, 9.17) is 0 Å². The number of rotatable bonds is 3. The van der Waals surface area contributed by atoms with E-state index in [1.165, 1.54) is 60.3 Å². The van der Waals surface area contributed by atoms with Crippen LogP contribution >= 0.6 is 0 Å². The summed E-state index contributed by atoms with van der Waals surface area (Å²) in [5.41, 5.74) is 9.13. The molecule has 1 aliphatic carbocycles. The van der Waals surface area contributed by atoms with Crippen molar-refractivity contribution >= 4 is 49.4 Å². The number of anilines is 3. The summed E-state index contributed by atoms with van der Waals surface area (Å²) in [6.45, 7) is 4.73. The van der Waals surface area contributed by atoms with E-state index in [0.717, 1.165) is 11.4 Å².